The standard InChI is InChI=1S/C16H22FNO3/c1-18(7-8-21-11-12-3-4-12)10-15(19)14-9-13(17)5-6-16(14)20-2/h5-6,9,12H,3-4,7-8,10-11H2,1-2H3. The molecule has 1 aliphatic rings. The number of rotatable bonds is 9. The number of halogens is 1. The molecule has 1 fully saturated rings. The molecule has 116 valence electrons. The molecule has 1 aromatic rings. The zero-order valence-electron chi connectivity index (χ0n) is 12.6. The first-order chi connectivity index (χ1) is 10.1. The van der Waals surface area contributed by atoms with Gasteiger partial charge in [-0.15, -0.1) is 0 Å². The van der Waals surface area contributed by atoms with Crippen molar-refractivity contribution in [1.29, 1.82) is 0 Å². The second-order valence-electron chi connectivity index (χ2n) is 5.52. The molecular formula is C16H22FNO3. The molecule has 0 aromatic heterocycles. The van der Waals surface area contributed by atoms with E-state index in [0.717, 1.165) is 12.5 Å². The SMILES string of the molecule is COc1ccc(F)cc1C(=O)CN(C)CCOCC1CC1. The Morgan fingerprint density at radius 1 is 1.43 bits per heavy atom. The monoisotopic (exact) mass is 295 g/mol. The zero-order chi connectivity index (χ0) is 15.2. The number of Topliss-reactive ketones (excluding diaryl/α,β-unsaturated/α-hetero) is 1. The minimum atomic E-state index is -0.436. The van der Waals surface area contributed by atoms with Gasteiger partial charge in [0.1, 0.15) is 11.6 Å². The molecule has 0 unspecified atom stereocenters. The molecule has 0 radical (unpaired) electrons. The lowest BCUT2D eigenvalue weighted by molar-refractivity contribution is 0.0858. The van der Waals surface area contributed by atoms with Gasteiger partial charge in [-0.1, -0.05) is 0 Å². The van der Waals surface area contributed by atoms with Crippen LogP contribution in [0, 0.1) is 11.7 Å². The van der Waals surface area contributed by atoms with Crippen molar-refractivity contribution < 1.29 is 18.7 Å². The quantitative estimate of drug-likeness (QED) is 0.518. The van der Waals surface area contributed by atoms with Crippen LogP contribution in [0.2, 0.25) is 0 Å². The number of carbonyl (C=O) groups excluding carboxylic acids is 1. The minimum absolute atomic E-state index is 0.156. The number of hydrogen-bond donors (Lipinski definition) is 0. The van der Waals surface area contributed by atoms with Gasteiger partial charge in [-0.25, -0.2) is 4.39 Å². The Labute approximate surface area is 124 Å². The van der Waals surface area contributed by atoms with Crippen LogP contribution >= 0.6 is 0 Å². The summed E-state index contributed by atoms with van der Waals surface area (Å²) < 4.78 is 23.9. The van der Waals surface area contributed by atoms with Crippen LogP contribution in [0.1, 0.15) is 23.2 Å². The van der Waals surface area contributed by atoms with E-state index in [1.807, 2.05) is 11.9 Å². The molecule has 1 saturated carbocycles. The average molecular weight is 295 g/mol. The van der Waals surface area contributed by atoms with E-state index < -0.39 is 5.82 Å². The number of likely N-dealkylation sites (N-methyl/N-ethyl adjacent to an activating group) is 1. The van der Waals surface area contributed by atoms with Crippen LogP contribution in [0.5, 0.6) is 5.75 Å². The molecule has 2 rings (SSSR count). The van der Waals surface area contributed by atoms with Gasteiger partial charge in [0, 0.05) is 13.2 Å². The predicted octanol–water partition coefficient (Wildman–Crippen LogP) is 2.38. The Hall–Kier alpha value is -1.46. The lowest BCUT2D eigenvalue weighted by Crippen LogP contribution is -2.29. The molecule has 0 amide bonds. The number of carbonyl (C=O) groups is 1. The van der Waals surface area contributed by atoms with Crippen LogP contribution in [-0.2, 0) is 4.74 Å². The maximum absolute atomic E-state index is 13.3. The van der Waals surface area contributed by atoms with Crippen LogP contribution in [0.3, 0.4) is 0 Å². The van der Waals surface area contributed by atoms with Gasteiger partial charge in [-0.05, 0) is 44.0 Å². The minimum Gasteiger partial charge on any atom is -0.496 e. The predicted molar refractivity (Wildman–Crippen MR) is 78.3 cm³/mol. The maximum atomic E-state index is 13.3. The maximum Gasteiger partial charge on any atom is 0.180 e. The van der Waals surface area contributed by atoms with Crippen molar-refractivity contribution in [3.05, 3.63) is 29.6 Å². The fraction of sp³-hybridized carbons (Fsp3) is 0.562. The average Bonchev–Trinajstić information content (AvgIpc) is 3.27. The highest BCUT2D eigenvalue weighted by atomic mass is 19.1. The smallest absolute Gasteiger partial charge is 0.180 e. The van der Waals surface area contributed by atoms with Crippen LogP contribution < -0.4 is 4.74 Å². The summed E-state index contributed by atoms with van der Waals surface area (Å²) in [6, 6.07) is 3.98. The van der Waals surface area contributed by atoms with Gasteiger partial charge < -0.3 is 9.47 Å². The molecule has 0 heterocycles. The Balaban J connectivity index is 1.80. The Morgan fingerprint density at radius 3 is 2.86 bits per heavy atom. The van der Waals surface area contributed by atoms with Gasteiger partial charge in [0.2, 0.25) is 0 Å². The topological polar surface area (TPSA) is 38.8 Å². The molecule has 1 aromatic carbocycles. The Morgan fingerprint density at radius 2 is 2.19 bits per heavy atom. The number of benzene rings is 1. The molecule has 0 saturated heterocycles. The summed E-state index contributed by atoms with van der Waals surface area (Å²) in [7, 11) is 3.32. The third kappa shape index (κ3) is 5.10. The van der Waals surface area contributed by atoms with Crippen LogP contribution in [0.15, 0.2) is 18.2 Å². The van der Waals surface area contributed by atoms with Crippen LogP contribution in [0.4, 0.5) is 4.39 Å². The second-order valence-corrected chi connectivity index (χ2v) is 5.52. The summed E-state index contributed by atoms with van der Waals surface area (Å²) in [6.45, 7) is 2.32. The lowest BCUT2D eigenvalue weighted by atomic mass is 10.1. The Kier molecular flexibility index (Phi) is 5.70. The second kappa shape index (κ2) is 7.52. The number of methoxy groups -OCH3 is 1. The molecule has 1 aliphatic carbocycles. The van der Waals surface area contributed by atoms with Crippen molar-refractivity contribution in [2.24, 2.45) is 5.92 Å². The molecule has 0 spiro atoms. The first-order valence-electron chi connectivity index (χ1n) is 7.23. The van der Waals surface area contributed by atoms with E-state index in [1.165, 1.54) is 38.2 Å². The van der Waals surface area contributed by atoms with E-state index in [4.69, 9.17) is 9.47 Å². The fourth-order valence-electron chi connectivity index (χ4n) is 2.06. The van der Waals surface area contributed by atoms with Gasteiger partial charge in [-0.3, -0.25) is 9.69 Å². The molecule has 0 N–H and O–H groups in total. The van der Waals surface area contributed by atoms with E-state index >= 15 is 0 Å². The van der Waals surface area contributed by atoms with Crippen molar-refractivity contribution in [3.8, 4) is 5.75 Å². The van der Waals surface area contributed by atoms with Crippen molar-refractivity contribution >= 4 is 5.78 Å². The first-order valence-corrected chi connectivity index (χ1v) is 7.23. The molecule has 0 aliphatic heterocycles. The van der Waals surface area contributed by atoms with Crippen LogP contribution in [-0.4, -0.2) is 51.1 Å². The molecule has 5 heteroatoms. The number of hydrogen-bond acceptors (Lipinski definition) is 4. The molecule has 4 nitrogen and oxygen atoms in total. The van der Waals surface area contributed by atoms with Gasteiger partial charge in [0.15, 0.2) is 5.78 Å². The van der Waals surface area contributed by atoms with Gasteiger partial charge in [0.25, 0.3) is 0 Å². The highest BCUT2D eigenvalue weighted by Gasteiger charge is 2.21. The lowest BCUT2D eigenvalue weighted by Gasteiger charge is -2.16. The third-order valence-corrected chi connectivity index (χ3v) is 3.54. The van der Waals surface area contributed by atoms with Gasteiger partial charge in [-0.2, -0.15) is 0 Å². The van der Waals surface area contributed by atoms with Crippen molar-refractivity contribution in [1.82, 2.24) is 4.90 Å². The summed E-state index contributed by atoms with van der Waals surface area (Å²) in [6.07, 6.45) is 2.54. The van der Waals surface area contributed by atoms with Gasteiger partial charge >= 0.3 is 0 Å². The van der Waals surface area contributed by atoms with E-state index in [-0.39, 0.29) is 17.9 Å². The summed E-state index contributed by atoms with van der Waals surface area (Å²) in [5.41, 5.74) is 0.281. The van der Waals surface area contributed by atoms with Crippen molar-refractivity contribution in [2.75, 3.05) is 40.5 Å². The first kappa shape index (κ1) is 15.9. The summed E-state index contributed by atoms with van der Waals surface area (Å²) >= 11 is 0. The Bertz CT molecular complexity index is 488. The van der Waals surface area contributed by atoms with E-state index in [2.05, 4.69) is 0 Å². The number of ether oxygens (including phenoxy) is 2. The molecular weight excluding hydrogens is 273 g/mol. The summed E-state index contributed by atoms with van der Waals surface area (Å²) in [5.74, 6) is 0.555. The molecule has 0 atom stereocenters. The number of ketones is 1. The third-order valence-electron chi connectivity index (χ3n) is 3.54. The summed E-state index contributed by atoms with van der Waals surface area (Å²) in [5, 5.41) is 0. The zero-order valence-corrected chi connectivity index (χ0v) is 12.6. The largest absolute Gasteiger partial charge is 0.496 e. The van der Waals surface area contributed by atoms with E-state index in [0.29, 0.717) is 18.9 Å². The molecule has 21 heavy (non-hydrogen) atoms. The van der Waals surface area contributed by atoms with Crippen molar-refractivity contribution in [3.63, 3.8) is 0 Å². The van der Waals surface area contributed by atoms with Crippen molar-refractivity contribution in [2.45, 2.75) is 12.8 Å². The molecule has 0 bridgehead atoms. The number of nitrogens with zero attached hydrogens (tertiary/aromatic N) is 1. The van der Waals surface area contributed by atoms with E-state index in [9.17, 15) is 9.18 Å². The van der Waals surface area contributed by atoms with Gasteiger partial charge in [0.05, 0.1) is 25.8 Å². The summed E-state index contributed by atoms with van der Waals surface area (Å²) in [4.78, 5) is 14.1. The normalized spacial score (nSPS) is 14.5. The fourth-order valence-corrected chi connectivity index (χ4v) is 2.06. The highest BCUT2D eigenvalue weighted by Crippen LogP contribution is 2.28. The van der Waals surface area contributed by atoms with Crippen LogP contribution in [0.25, 0.3) is 0 Å². The highest BCUT2D eigenvalue weighted by molar-refractivity contribution is 6.00. The van der Waals surface area contributed by atoms with E-state index in [1.54, 1.807) is 0 Å².